The van der Waals surface area contributed by atoms with Gasteiger partial charge in [0.1, 0.15) is 0 Å². The summed E-state index contributed by atoms with van der Waals surface area (Å²) in [6.07, 6.45) is 3.47. The highest BCUT2D eigenvalue weighted by Crippen LogP contribution is 2.34. The van der Waals surface area contributed by atoms with Gasteiger partial charge in [0, 0.05) is 17.5 Å². The third-order valence-electron chi connectivity index (χ3n) is 4.73. The monoisotopic (exact) mass is 376 g/mol. The Morgan fingerprint density at radius 3 is 2.81 bits per heavy atom. The Labute approximate surface area is 157 Å². The molecule has 6 nitrogen and oxygen atoms in total. The van der Waals surface area contributed by atoms with Gasteiger partial charge in [0.25, 0.3) is 5.91 Å². The Kier molecular flexibility index (Phi) is 6.19. The van der Waals surface area contributed by atoms with Gasteiger partial charge in [-0.05, 0) is 31.9 Å². The molecule has 0 spiro atoms. The Bertz CT molecular complexity index is 688. The lowest BCUT2D eigenvalue weighted by atomic mass is 10.2. The van der Waals surface area contributed by atoms with Crippen LogP contribution in [0.4, 0.5) is 5.69 Å². The van der Waals surface area contributed by atoms with Crippen molar-refractivity contribution >= 4 is 35.2 Å². The normalized spacial score (nSPS) is 18.3. The van der Waals surface area contributed by atoms with E-state index in [1.807, 2.05) is 24.3 Å². The average Bonchev–Trinajstić information content (AvgIpc) is 3.13. The second-order valence-corrected chi connectivity index (χ2v) is 7.69. The molecule has 1 aromatic rings. The van der Waals surface area contributed by atoms with Crippen LogP contribution < -0.4 is 10.2 Å². The van der Waals surface area contributed by atoms with Crippen LogP contribution in [0.2, 0.25) is 0 Å². The van der Waals surface area contributed by atoms with E-state index in [1.54, 1.807) is 11.8 Å². The Hall–Kier alpha value is -2.02. The van der Waals surface area contributed by atoms with Crippen molar-refractivity contribution in [3.63, 3.8) is 0 Å². The molecule has 0 unspecified atom stereocenters. The molecule has 1 heterocycles. The van der Waals surface area contributed by atoms with Gasteiger partial charge in [-0.15, -0.1) is 11.8 Å². The lowest BCUT2D eigenvalue weighted by molar-refractivity contribution is -0.154. The van der Waals surface area contributed by atoms with Crippen LogP contribution in [-0.2, 0) is 19.1 Å². The number of nitrogens with zero attached hydrogens (tertiary/aromatic N) is 1. The molecule has 0 aromatic heterocycles. The van der Waals surface area contributed by atoms with Crippen molar-refractivity contribution in [2.24, 2.45) is 0 Å². The highest BCUT2D eigenvalue weighted by molar-refractivity contribution is 8.00. The zero-order valence-electron chi connectivity index (χ0n) is 14.9. The fourth-order valence-electron chi connectivity index (χ4n) is 3.30. The first-order valence-corrected chi connectivity index (χ1v) is 10.0. The molecule has 140 valence electrons. The van der Waals surface area contributed by atoms with Gasteiger partial charge >= 0.3 is 5.97 Å². The molecule has 0 saturated heterocycles. The molecule has 1 saturated carbocycles. The predicted octanol–water partition coefficient (Wildman–Crippen LogP) is 2.51. The van der Waals surface area contributed by atoms with Gasteiger partial charge in [0.2, 0.25) is 5.91 Å². The second-order valence-electron chi connectivity index (χ2n) is 6.67. The summed E-state index contributed by atoms with van der Waals surface area (Å²) in [5.74, 6) is -0.371. The summed E-state index contributed by atoms with van der Waals surface area (Å²) < 4.78 is 5.24. The predicted molar refractivity (Wildman–Crippen MR) is 100 cm³/mol. The van der Waals surface area contributed by atoms with E-state index in [2.05, 4.69) is 5.32 Å². The number of esters is 1. The number of anilines is 1. The summed E-state index contributed by atoms with van der Waals surface area (Å²) in [5, 5.41) is 2.93. The van der Waals surface area contributed by atoms with Crippen molar-refractivity contribution in [3.8, 4) is 0 Å². The lowest BCUT2D eigenvalue weighted by Gasteiger charge is -2.28. The van der Waals surface area contributed by atoms with Crippen molar-refractivity contribution in [1.29, 1.82) is 0 Å². The number of benzene rings is 1. The highest BCUT2D eigenvalue weighted by atomic mass is 32.2. The summed E-state index contributed by atoms with van der Waals surface area (Å²) in [6, 6.07) is 7.84. The molecule has 3 rings (SSSR count). The number of ether oxygens (including phenoxy) is 1. The number of hydrogen-bond acceptors (Lipinski definition) is 5. The van der Waals surface area contributed by atoms with Gasteiger partial charge in [0.15, 0.2) is 6.10 Å². The van der Waals surface area contributed by atoms with Gasteiger partial charge in [-0.3, -0.25) is 14.4 Å². The van der Waals surface area contributed by atoms with Crippen molar-refractivity contribution < 1.29 is 19.1 Å². The minimum atomic E-state index is -0.817. The molecule has 1 aliphatic carbocycles. The second kappa shape index (κ2) is 8.58. The molecule has 7 heteroatoms. The fourth-order valence-corrected chi connectivity index (χ4v) is 4.24. The summed E-state index contributed by atoms with van der Waals surface area (Å²) in [6.45, 7) is 1.84. The van der Waals surface area contributed by atoms with E-state index in [-0.39, 0.29) is 30.8 Å². The lowest BCUT2D eigenvalue weighted by Crippen LogP contribution is -2.41. The first-order valence-electron chi connectivity index (χ1n) is 9.06. The number of rotatable bonds is 6. The maximum absolute atomic E-state index is 12.2. The summed E-state index contributed by atoms with van der Waals surface area (Å²) in [4.78, 5) is 39.0. The molecule has 2 amide bonds. The Morgan fingerprint density at radius 1 is 1.31 bits per heavy atom. The van der Waals surface area contributed by atoms with Gasteiger partial charge < -0.3 is 15.0 Å². The Balaban J connectivity index is 1.49. The van der Waals surface area contributed by atoms with Crippen LogP contribution in [0.5, 0.6) is 0 Å². The Morgan fingerprint density at radius 2 is 2.04 bits per heavy atom. The third-order valence-corrected chi connectivity index (χ3v) is 5.77. The number of carbonyl (C=O) groups excluding carboxylic acids is 3. The molecule has 1 aliphatic heterocycles. The van der Waals surface area contributed by atoms with E-state index in [0.29, 0.717) is 5.75 Å². The number of carbonyl (C=O) groups is 3. The van der Waals surface area contributed by atoms with E-state index in [0.717, 1.165) is 36.3 Å². The van der Waals surface area contributed by atoms with Gasteiger partial charge in [-0.2, -0.15) is 0 Å². The zero-order valence-corrected chi connectivity index (χ0v) is 15.7. The van der Waals surface area contributed by atoms with Crippen molar-refractivity contribution in [3.05, 3.63) is 24.3 Å². The van der Waals surface area contributed by atoms with Crippen molar-refractivity contribution in [2.75, 3.05) is 17.2 Å². The summed E-state index contributed by atoms with van der Waals surface area (Å²) in [5.41, 5.74) is 0.827. The fraction of sp³-hybridized carbons (Fsp3) is 0.526. The first-order chi connectivity index (χ1) is 12.5. The molecule has 26 heavy (non-hydrogen) atoms. The van der Waals surface area contributed by atoms with Crippen molar-refractivity contribution in [2.45, 2.75) is 56.1 Å². The highest BCUT2D eigenvalue weighted by Gasteiger charge is 2.26. The number of thioether (sulfide) groups is 1. The zero-order chi connectivity index (χ0) is 18.5. The molecular formula is C19H24N2O4S. The SMILES string of the molecule is C[C@@H](OC(=O)CCN1C(=O)CSc2ccccc21)C(=O)NC1CCCC1. The van der Waals surface area contributed by atoms with Crippen LogP contribution in [0.1, 0.15) is 39.0 Å². The molecule has 1 fully saturated rings. The van der Waals surface area contributed by atoms with Gasteiger partial charge in [-0.25, -0.2) is 0 Å². The van der Waals surface area contributed by atoms with Crippen LogP contribution in [0.25, 0.3) is 0 Å². The van der Waals surface area contributed by atoms with E-state index >= 15 is 0 Å². The standard InChI is InChI=1S/C19H24N2O4S/c1-13(19(24)20-14-6-2-3-7-14)25-18(23)10-11-21-15-8-4-5-9-16(15)26-12-17(21)22/h4-5,8-9,13-14H,2-3,6-7,10-12H2,1H3,(H,20,24)/t13-/m1/s1. The minimum Gasteiger partial charge on any atom is -0.452 e. The maximum atomic E-state index is 12.2. The largest absolute Gasteiger partial charge is 0.452 e. The summed E-state index contributed by atoms with van der Waals surface area (Å²) >= 11 is 1.50. The number of hydrogen-bond donors (Lipinski definition) is 1. The topological polar surface area (TPSA) is 75.7 Å². The van der Waals surface area contributed by atoms with E-state index in [4.69, 9.17) is 4.74 Å². The summed E-state index contributed by atoms with van der Waals surface area (Å²) in [7, 11) is 0. The molecule has 0 bridgehead atoms. The molecular weight excluding hydrogens is 352 g/mol. The minimum absolute atomic E-state index is 0.0199. The number of para-hydroxylation sites is 1. The van der Waals surface area contributed by atoms with Gasteiger partial charge in [0.05, 0.1) is 17.9 Å². The number of nitrogens with one attached hydrogen (secondary N) is 1. The molecule has 1 aromatic carbocycles. The molecule has 0 radical (unpaired) electrons. The van der Waals surface area contributed by atoms with E-state index in [1.165, 1.54) is 11.8 Å². The van der Waals surface area contributed by atoms with Crippen LogP contribution in [0.3, 0.4) is 0 Å². The number of amides is 2. The molecule has 2 aliphatic rings. The third kappa shape index (κ3) is 4.58. The quantitative estimate of drug-likeness (QED) is 0.772. The van der Waals surface area contributed by atoms with Gasteiger partial charge in [-0.1, -0.05) is 25.0 Å². The van der Waals surface area contributed by atoms with Crippen molar-refractivity contribution in [1.82, 2.24) is 5.32 Å². The maximum Gasteiger partial charge on any atom is 0.308 e. The van der Waals surface area contributed by atoms with Crippen LogP contribution >= 0.6 is 11.8 Å². The number of fused-ring (bicyclic) bond motifs is 1. The first kappa shape index (κ1) is 18.8. The van der Waals surface area contributed by atoms with Crippen LogP contribution in [0.15, 0.2) is 29.2 Å². The van der Waals surface area contributed by atoms with E-state index in [9.17, 15) is 14.4 Å². The van der Waals surface area contributed by atoms with Crippen LogP contribution in [0, 0.1) is 0 Å². The van der Waals surface area contributed by atoms with Crippen LogP contribution in [-0.4, -0.2) is 42.2 Å². The smallest absolute Gasteiger partial charge is 0.308 e. The van der Waals surface area contributed by atoms with E-state index < -0.39 is 12.1 Å². The molecule has 1 N–H and O–H groups in total. The molecule has 1 atom stereocenters. The average molecular weight is 376 g/mol.